The molecule has 1 aromatic heterocycles. The molecule has 0 aliphatic rings. The van der Waals surface area contributed by atoms with Crippen LogP contribution in [0.4, 0.5) is 0 Å². The molecule has 0 spiro atoms. The van der Waals surface area contributed by atoms with Crippen molar-refractivity contribution in [2.45, 2.75) is 24.3 Å². The molecular weight excluding hydrogens is 376 g/mol. The van der Waals surface area contributed by atoms with Crippen LogP contribution in [0.3, 0.4) is 0 Å². The molecule has 0 aliphatic carbocycles. The van der Waals surface area contributed by atoms with Crippen molar-refractivity contribution in [1.29, 1.82) is 0 Å². The molecule has 3 aromatic rings. The van der Waals surface area contributed by atoms with Gasteiger partial charge in [-0.3, -0.25) is 4.79 Å². The van der Waals surface area contributed by atoms with Crippen LogP contribution in [0.5, 0.6) is 0 Å². The minimum absolute atomic E-state index is 0.0493. The Balaban J connectivity index is 1.69. The molecular formula is C20H24N4O3S. The number of nitrogens with zero attached hydrogens (tertiary/aromatic N) is 3. The number of nitrogens with one attached hydrogen (secondary N) is 1. The Labute approximate surface area is 165 Å². The average Bonchev–Trinajstić information content (AvgIpc) is 3.00. The Morgan fingerprint density at radius 1 is 1.14 bits per heavy atom. The zero-order valence-corrected chi connectivity index (χ0v) is 17.0. The lowest BCUT2D eigenvalue weighted by molar-refractivity contribution is -0.121. The number of aryl methyl sites for hydroxylation is 2. The summed E-state index contributed by atoms with van der Waals surface area (Å²) >= 11 is 0. The molecule has 0 fully saturated rings. The van der Waals surface area contributed by atoms with E-state index in [0.717, 1.165) is 16.9 Å². The standard InChI is InChI=1S/C20H24N4O3S/c1-23(2)28(26,27)16-9-10-18-17(13-16)22-19(24(18)3)11-12-20(25)21-14-15-7-5-4-6-8-15/h4-10,13H,11-12,14H2,1-3H3,(H,21,25). The van der Waals surface area contributed by atoms with E-state index in [0.29, 0.717) is 24.9 Å². The smallest absolute Gasteiger partial charge is 0.242 e. The van der Waals surface area contributed by atoms with Crippen molar-refractivity contribution in [2.24, 2.45) is 7.05 Å². The number of amides is 1. The summed E-state index contributed by atoms with van der Waals surface area (Å²) in [5.74, 6) is 0.691. The van der Waals surface area contributed by atoms with Gasteiger partial charge in [-0.2, -0.15) is 0 Å². The van der Waals surface area contributed by atoms with E-state index >= 15 is 0 Å². The first-order valence-electron chi connectivity index (χ1n) is 8.97. The maximum absolute atomic E-state index is 12.3. The van der Waals surface area contributed by atoms with Gasteiger partial charge in [0.15, 0.2) is 0 Å². The fourth-order valence-electron chi connectivity index (χ4n) is 2.93. The summed E-state index contributed by atoms with van der Waals surface area (Å²) in [5, 5.41) is 2.90. The van der Waals surface area contributed by atoms with E-state index in [2.05, 4.69) is 10.3 Å². The van der Waals surface area contributed by atoms with Crippen LogP contribution in [0.2, 0.25) is 0 Å². The predicted octanol–water partition coefficient (Wildman–Crippen LogP) is 2.07. The van der Waals surface area contributed by atoms with Crippen LogP contribution in [-0.2, 0) is 34.8 Å². The van der Waals surface area contributed by atoms with Crippen molar-refractivity contribution in [3.63, 3.8) is 0 Å². The number of fused-ring (bicyclic) bond motifs is 1. The molecule has 1 amide bonds. The third kappa shape index (κ3) is 4.23. The van der Waals surface area contributed by atoms with Gasteiger partial charge in [-0.1, -0.05) is 30.3 Å². The molecule has 0 atom stereocenters. The van der Waals surface area contributed by atoms with Crippen molar-refractivity contribution in [3.05, 3.63) is 59.9 Å². The second kappa shape index (κ2) is 8.12. The molecule has 0 aliphatic heterocycles. The minimum atomic E-state index is -3.51. The van der Waals surface area contributed by atoms with Gasteiger partial charge in [0.1, 0.15) is 5.82 Å². The molecule has 0 radical (unpaired) electrons. The van der Waals surface area contributed by atoms with Crippen molar-refractivity contribution in [2.75, 3.05) is 14.1 Å². The van der Waals surface area contributed by atoms with Crippen molar-refractivity contribution in [1.82, 2.24) is 19.2 Å². The van der Waals surface area contributed by atoms with Gasteiger partial charge >= 0.3 is 0 Å². The van der Waals surface area contributed by atoms with Crippen molar-refractivity contribution >= 4 is 27.0 Å². The molecule has 1 N–H and O–H groups in total. The van der Waals surface area contributed by atoms with Crippen molar-refractivity contribution < 1.29 is 13.2 Å². The first-order chi connectivity index (χ1) is 13.3. The number of rotatable bonds is 7. The lowest BCUT2D eigenvalue weighted by Crippen LogP contribution is -2.23. The van der Waals surface area contributed by atoms with E-state index in [9.17, 15) is 13.2 Å². The second-order valence-corrected chi connectivity index (χ2v) is 8.94. The monoisotopic (exact) mass is 400 g/mol. The van der Waals surface area contributed by atoms with Crippen molar-refractivity contribution in [3.8, 4) is 0 Å². The van der Waals surface area contributed by atoms with Gasteiger partial charge in [0, 0.05) is 40.5 Å². The van der Waals surface area contributed by atoms with Gasteiger partial charge in [0.05, 0.1) is 15.9 Å². The van der Waals surface area contributed by atoms with Gasteiger partial charge in [0.2, 0.25) is 15.9 Å². The fourth-order valence-corrected chi connectivity index (χ4v) is 3.86. The number of carbonyl (C=O) groups is 1. The van der Waals surface area contributed by atoms with E-state index in [4.69, 9.17) is 0 Å². The minimum Gasteiger partial charge on any atom is -0.352 e. The summed E-state index contributed by atoms with van der Waals surface area (Å²) in [6.45, 7) is 0.494. The normalized spacial score (nSPS) is 11.9. The third-order valence-electron chi connectivity index (χ3n) is 4.63. The summed E-state index contributed by atoms with van der Waals surface area (Å²) < 4.78 is 27.7. The van der Waals surface area contributed by atoms with E-state index in [-0.39, 0.29) is 10.8 Å². The first-order valence-corrected chi connectivity index (χ1v) is 10.4. The molecule has 8 heteroatoms. The topological polar surface area (TPSA) is 84.3 Å². The summed E-state index contributed by atoms with van der Waals surface area (Å²) in [7, 11) is 1.35. The molecule has 0 bridgehead atoms. The number of hydrogen-bond donors (Lipinski definition) is 1. The van der Waals surface area contributed by atoms with Gasteiger partial charge in [-0.15, -0.1) is 0 Å². The van der Waals surface area contributed by atoms with Crippen LogP contribution in [0.1, 0.15) is 17.8 Å². The predicted molar refractivity (Wildman–Crippen MR) is 108 cm³/mol. The van der Waals surface area contributed by atoms with Crippen LogP contribution in [-0.4, -0.2) is 42.3 Å². The van der Waals surface area contributed by atoms with Crippen LogP contribution in [0, 0.1) is 0 Å². The Bertz CT molecular complexity index is 1090. The molecule has 7 nitrogen and oxygen atoms in total. The lowest BCUT2D eigenvalue weighted by atomic mass is 10.2. The quantitative estimate of drug-likeness (QED) is 0.658. The van der Waals surface area contributed by atoms with E-state index in [1.165, 1.54) is 18.4 Å². The number of imidazole rings is 1. The molecule has 0 unspecified atom stereocenters. The molecule has 0 saturated heterocycles. The van der Waals surface area contributed by atoms with Gasteiger partial charge in [-0.05, 0) is 23.8 Å². The molecule has 3 rings (SSSR count). The summed E-state index contributed by atoms with van der Waals surface area (Å²) in [6.07, 6.45) is 0.786. The lowest BCUT2D eigenvalue weighted by Gasteiger charge is -2.10. The molecule has 1 heterocycles. The highest BCUT2D eigenvalue weighted by Crippen LogP contribution is 2.21. The SMILES string of the molecule is CN(C)S(=O)(=O)c1ccc2c(c1)nc(CCC(=O)NCc1ccccc1)n2C. The zero-order valence-electron chi connectivity index (χ0n) is 16.2. The van der Waals surface area contributed by atoms with E-state index in [1.807, 2.05) is 41.9 Å². The Morgan fingerprint density at radius 3 is 2.54 bits per heavy atom. The highest BCUT2D eigenvalue weighted by atomic mass is 32.2. The number of carbonyl (C=O) groups excluding carboxylic acids is 1. The zero-order chi connectivity index (χ0) is 20.3. The maximum Gasteiger partial charge on any atom is 0.242 e. The second-order valence-electron chi connectivity index (χ2n) is 6.79. The van der Waals surface area contributed by atoms with E-state index in [1.54, 1.807) is 18.2 Å². The van der Waals surface area contributed by atoms with Crippen LogP contribution in [0.25, 0.3) is 11.0 Å². The largest absolute Gasteiger partial charge is 0.352 e. The fraction of sp³-hybridized carbons (Fsp3) is 0.300. The van der Waals surface area contributed by atoms with Gasteiger partial charge in [0.25, 0.3) is 0 Å². The van der Waals surface area contributed by atoms with Crippen LogP contribution in [0.15, 0.2) is 53.4 Å². The number of sulfonamides is 1. The van der Waals surface area contributed by atoms with Crippen LogP contribution >= 0.6 is 0 Å². The Kier molecular flexibility index (Phi) is 5.81. The maximum atomic E-state index is 12.3. The molecule has 28 heavy (non-hydrogen) atoms. The average molecular weight is 401 g/mol. The van der Waals surface area contributed by atoms with Gasteiger partial charge in [-0.25, -0.2) is 17.7 Å². The number of hydrogen-bond acceptors (Lipinski definition) is 4. The highest BCUT2D eigenvalue weighted by Gasteiger charge is 2.19. The Hall–Kier alpha value is -2.71. The first kappa shape index (κ1) is 20.0. The summed E-state index contributed by atoms with van der Waals surface area (Å²) in [5.41, 5.74) is 2.48. The third-order valence-corrected chi connectivity index (χ3v) is 6.44. The molecule has 148 valence electrons. The highest BCUT2D eigenvalue weighted by molar-refractivity contribution is 7.89. The summed E-state index contributed by atoms with van der Waals surface area (Å²) in [6, 6.07) is 14.6. The Morgan fingerprint density at radius 2 is 1.86 bits per heavy atom. The van der Waals surface area contributed by atoms with E-state index < -0.39 is 10.0 Å². The van der Waals surface area contributed by atoms with Gasteiger partial charge < -0.3 is 9.88 Å². The molecule has 2 aromatic carbocycles. The number of benzene rings is 2. The summed E-state index contributed by atoms with van der Waals surface area (Å²) in [4.78, 5) is 16.9. The molecule has 0 saturated carbocycles. The van der Waals surface area contributed by atoms with Crippen LogP contribution < -0.4 is 5.32 Å². The number of aromatic nitrogens is 2.